The largest absolute Gasteiger partial charge is 0.495 e. The number of fused-ring (bicyclic) bond motifs is 1. The lowest BCUT2D eigenvalue weighted by Gasteiger charge is -2.11. The number of hydrogen-bond donors (Lipinski definition) is 1. The number of methoxy groups -OCH3 is 1. The number of aromatic nitrogens is 2. The van der Waals surface area contributed by atoms with Crippen LogP contribution >= 0.6 is 11.6 Å². The Morgan fingerprint density at radius 2 is 2.05 bits per heavy atom. The molecular weight excluding hydrogens is 281 g/mol. The van der Waals surface area contributed by atoms with Gasteiger partial charge in [-0.25, -0.2) is 9.37 Å². The zero-order chi connectivity index (χ0) is 14.3. The van der Waals surface area contributed by atoms with E-state index in [1.165, 1.54) is 12.1 Å². The van der Waals surface area contributed by atoms with Crippen LogP contribution in [0.15, 0.2) is 36.4 Å². The molecule has 0 saturated heterocycles. The van der Waals surface area contributed by atoms with Crippen molar-refractivity contribution in [3.05, 3.63) is 47.2 Å². The molecule has 0 bridgehead atoms. The molecular formula is C14H11ClFN3O. The second kappa shape index (κ2) is 4.68. The Morgan fingerprint density at radius 1 is 1.30 bits per heavy atom. The maximum absolute atomic E-state index is 13.5. The molecule has 0 fully saturated rings. The van der Waals surface area contributed by atoms with E-state index in [2.05, 4.69) is 4.98 Å². The minimum absolute atomic E-state index is 0.0218. The predicted molar refractivity (Wildman–Crippen MR) is 77.0 cm³/mol. The number of imidazole rings is 1. The highest BCUT2D eigenvalue weighted by Gasteiger charge is 2.15. The van der Waals surface area contributed by atoms with Crippen molar-refractivity contribution >= 4 is 28.6 Å². The standard InChI is InChI=1S/C14H11ClFN3O/c1-20-13-5-3-2-4-11(13)19-12-6-8(15)9(16)7-10(12)18-14(19)17/h2-7H,1H3,(H2,17,18). The van der Waals surface area contributed by atoms with Crippen LogP contribution in [0.5, 0.6) is 5.75 Å². The zero-order valence-corrected chi connectivity index (χ0v) is 11.4. The third-order valence-electron chi connectivity index (χ3n) is 3.05. The van der Waals surface area contributed by atoms with E-state index in [4.69, 9.17) is 22.1 Å². The van der Waals surface area contributed by atoms with Gasteiger partial charge in [0.2, 0.25) is 5.95 Å². The molecule has 3 rings (SSSR count). The number of nitrogens with two attached hydrogens (primary N) is 1. The number of nitrogen functional groups attached to an aromatic ring is 1. The van der Waals surface area contributed by atoms with Gasteiger partial charge in [-0.15, -0.1) is 0 Å². The molecule has 3 aromatic rings. The minimum Gasteiger partial charge on any atom is -0.495 e. The van der Waals surface area contributed by atoms with E-state index in [-0.39, 0.29) is 11.0 Å². The summed E-state index contributed by atoms with van der Waals surface area (Å²) in [5.74, 6) is 0.356. The van der Waals surface area contributed by atoms with Gasteiger partial charge in [0, 0.05) is 6.07 Å². The second-order valence-corrected chi connectivity index (χ2v) is 4.64. The molecule has 2 aromatic carbocycles. The Hall–Kier alpha value is -2.27. The van der Waals surface area contributed by atoms with Crippen LogP contribution in [0.25, 0.3) is 16.7 Å². The fourth-order valence-corrected chi connectivity index (χ4v) is 2.32. The summed E-state index contributed by atoms with van der Waals surface area (Å²) in [7, 11) is 1.57. The van der Waals surface area contributed by atoms with Gasteiger partial charge >= 0.3 is 0 Å². The number of hydrogen-bond acceptors (Lipinski definition) is 3. The van der Waals surface area contributed by atoms with Crippen molar-refractivity contribution < 1.29 is 9.13 Å². The molecule has 6 heteroatoms. The number of halogens is 2. The predicted octanol–water partition coefficient (Wildman–Crippen LogP) is 3.41. The van der Waals surface area contributed by atoms with Crippen LogP contribution in [0.1, 0.15) is 0 Å². The van der Waals surface area contributed by atoms with E-state index in [0.717, 1.165) is 5.69 Å². The first-order valence-electron chi connectivity index (χ1n) is 5.88. The average molecular weight is 292 g/mol. The summed E-state index contributed by atoms with van der Waals surface area (Å²) in [4.78, 5) is 4.15. The third-order valence-corrected chi connectivity index (χ3v) is 3.34. The average Bonchev–Trinajstić information content (AvgIpc) is 2.74. The van der Waals surface area contributed by atoms with Crippen molar-refractivity contribution in [3.8, 4) is 11.4 Å². The summed E-state index contributed by atoms with van der Waals surface area (Å²) >= 11 is 5.84. The van der Waals surface area contributed by atoms with Gasteiger partial charge in [-0.3, -0.25) is 4.57 Å². The molecule has 4 nitrogen and oxygen atoms in total. The Labute approximate surface area is 119 Å². The fourth-order valence-electron chi connectivity index (χ4n) is 2.16. The molecule has 0 spiro atoms. The molecule has 1 heterocycles. The number of para-hydroxylation sites is 2. The van der Waals surface area contributed by atoms with Gasteiger partial charge in [0.1, 0.15) is 11.6 Å². The van der Waals surface area contributed by atoms with Crippen molar-refractivity contribution in [2.75, 3.05) is 12.8 Å². The quantitative estimate of drug-likeness (QED) is 0.787. The monoisotopic (exact) mass is 291 g/mol. The number of benzene rings is 2. The highest BCUT2D eigenvalue weighted by Crippen LogP contribution is 2.31. The first-order valence-corrected chi connectivity index (χ1v) is 6.26. The maximum atomic E-state index is 13.5. The molecule has 0 radical (unpaired) electrons. The van der Waals surface area contributed by atoms with Gasteiger partial charge in [-0.05, 0) is 18.2 Å². The molecule has 0 aliphatic heterocycles. The molecule has 0 saturated carbocycles. The van der Waals surface area contributed by atoms with E-state index >= 15 is 0 Å². The SMILES string of the molecule is COc1ccccc1-n1c(N)nc2cc(F)c(Cl)cc21. The van der Waals surface area contributed by atoms with Crippen LogP contribution in [0, 0.1) is 5.82 Å². The van der Waals surface area contributed by atoms with E-state index < -0.39 is 5.82 Å². The maximum Gasteiger partial charge on any atom is 0.206 e. The lowest BCUT2D eigenvalue weighted by molar-refractivity contribution is 0.413. The lowest BCUT2D eigenvalue weighted by atomic mass is 10.2. The smallest absolute Gasteiger partial charge is 0.206 e. The first kappa shape index (κ1) is 12.7. The Balaban J connectivity index is 2.36. The second-order valence-electron chi connectivity index (χ2n) is 4.23. The van der Waals surface area contributed by atoms with Crippen molar-refractivity contribution in [2.45, 2.75) is 0 Å². The van der Waals surface area contributed by atoms with Crippen LogP contribution in [-0.2, 0) is 0 Å². The Morgan fingerprint density at radius 3 is 2.80 bits per heavy atom. The zero-order valence-electron chi connectivity index (χ0n) is 10.6. The Kier molecular flexibility index (Phi) is 2.99. The summed E-state index contributed by atoms with van der Waals surface area (Å²) in [6.45, 7) is 0. The number of ether oxygens (including phenoxy) is 1. The van der Waals surface area contributed by atoms with E-state index in [1.54, 1.807) is 11.7 Å². The minimum atomic E-state index is -0.524. The lowest BCUT2D eigenvalue weighted by Crippen LogP contribution is -2.02. The van der Waals surface area contributed by atoms with E-state index in [9.17, 15) is 4.39 Å². The highest BCUT2D eigenvalue weighted by molar-refractivity contribution is 6.31. The van der Waals surface area contributed by atoms with Gasteiger partial charge in [-0.1, -0.05) is 23.7 Å². The molecule has 0 unspecified atom stereocenters. The topological polar surface area (TPSA) is 53.1 Å². The van der Waals surface area contributed by atoms with Crippen LogP contribution in [-0.4, -0.2) is 16.7 Å². The normalized spacial score (nSPS) is 10.9. The molecule has 0 amide bonds. The number of rotatable bonds is 2. The van der Waals surface area contributed by atoms with Gasteiger partial charge in [0.15, 0.2) is 0 Å². The van der Waals surface area contributed by atoms with Gasteiger partial charge in [0.25, 0.3) is 0 Å². The molecule has 0 aliphatic carbocycles. The summed E-state index contributed by atoms with van der Waals surface area (Å²) in [6, 6.07) is 10.1. The van der Waals surface area contributed by atoms with Crippen molar-refractivity contribution in [3.63, 3.8) is 0 Å². The molecule has 20 heavy (non-hydrogen) atoms. The molecule has 1 aromatic heterocycles. The van der Waals surface area contributed by atoms with Crippen LogP contribution in [0.3, 0.4) is 0 Å². The molecule has 102 valence electrons. The van der Waals surface area contributed by atoms with Crippen LogP contribution in [0.2, 0.25) is 5.02 Å². The number of nitrogens with zero attached hydrogens (tertiary/aromatic N) is 2. The van der Waals surface area contributed by atoms with Gasteiger partial charge in [-0.2, -0.15) is 0 Å². The van der Waals surface area contributed by atoms with Crippen molar-refractivity contribution in [1.29, 1.82) is 0 Å². The summed E-state index contributed by atoms with van der Waals surface area (Å²) in [5.41, 5.74) is 7.72. The van der Waals surface area contributed by atoms with Crippen molar-refractivity contribution in [1.82, 2.24) is 9.55 Å². The summed E-state index contributed by atoms with van der Waals surface area (Å²) in [6.07, 6.45) is 0. The number of anilines is 1. The molecule has 0 aliphatic rings. The highest BCUT2D eigenvalue weighted by atomic mass is 35.5. The van der Waals surface area contributed by atoms with Crippen molar-refractivity contribution in [2.24, 2.45) is 0 Å². The van der Waals surface area contributed by atoms with E-state index in [0.29, 0.717) is 16.8 Å². The Bertz CT molecular complexity index is 800. The van der Waals surface area contributed by atoms with E-state index in [1.807, 2.05) is 24.3 Å². The molecule has 2 N–H and O–H groups in total. The fraction of sp³-hybridized carbons (Fsp3) is 0.0714. The third kappa shape index (κ3) is 1.87. The van der Waals surface area contributed by atoms with Gasteiger partial charge < -0.3 is 10.5 Å². The molecule has 0 atom stereocenters. The first-order chi connectivity index (χ1) is 9.61. The van der Waals surface area contributed by atoms with Gasteiger partial charge in [0.05, 0.1) is 28.9 Å². The van der Waals surface area contributed by atoms with Crippen LogP contribution in [0.4, 0.5) is 10.3 Å². The summed E-state index contributed by atoms with van der Waals surface area (Å²) in [5, 5.41) is 0.0218. The summed E-state index contributed by atoms with van der Waals surface area (Å²) < 4.78 is 20.5. The van der Waals surface area contributed by atoms with Crippen LogP contribution < -0.4 is 10.5 Å².